The van der Waals surface area contributed by atoms with E-state index in [1.807, 2.05) is 19.0 Å². The highest BCUT2D eigenvalue weighted by Gasteiger charge is 2.38. The van der Waals surface area contributed by atoms with Crippen LogP contribution in [0.3, 0.4) is 0 Å². The van der Waals surface area contributed by atoms with Crippen molar-refractivity contribution >= 4 is 21.4 Å². The third-order valence-electron chi connectivity index (χ3n) is 6.07. The lowest BCUT2D eigenvalue weighted by atomic mass is 10.1. The Balaban J connectivity index is 1.79. The molecule has 0 spiro atoms. The number of nitrogens with zero attached hydrogens (tertiary/aromatic N) is 2. The average molecular weight is 590 g/mol. The number of hydrogen-bond acceptors (Lipinski definition) is 7. The number of halogens is 3. The van der Waals surface area contributed by atoms with Crippen LogP contribution in [0.4, 0.5) is 18.9 Å². The summed E-state index contributed by atoms with van der Waals surface area (Å²) in [6.45, 7) is 2.34. The van der Waals surface area contributed by atoms with Crippen molar-refractivity contribution < 1.29 is 36.2 Å². The van der Waals surface area contributed by atoms with Crippen molar-refractivity contribution in [1.29, 1.82) is 5.26 Å². The Morgan fingerprint density at radius 3 is 2.34 bits per heavy atom. The summed E-state index contributed by atoms with van der Waals surface area (Å²) in [6, 6.07) is 16.8. The van der Waals surface area contributed by atoms with Crippen LogP contribution in [0.15, 0.2) is 71.6 Å². The molecule has 0 bridgehead atoms. The number of nitriles is 1. The van der Waals surface area contributed by atoms with Crippen LogP contribution in [-0.2, 0) is 20.8 Å². The topological polar surface area (TPSA) is 120 Å². The van der Waals surface area contributed by atoms with Gasteiger partial charge < -0.3 is 20.1 Å². The summed E-state index contributed by atoms with van der Waals surface area (Å²) < 4.78 is 72.4. The molecule has 0 saturated heterocycles. The van der Waals surface area contributed by atoms with Gasteiger partial charge in [0.1, 0.15) is 5.75 Å². The van der Waals surface area contributed by atoms with Gasteiger partial charge in [-0.1, -0.05) is 30.3 Å². The van der Waals surface area contributed by atoms with Crippen molar-refractivity contribution in [2.24, 2.45) is 0 Å². The summed E-state index contributed by atoms with van der Waals surface area (Å²) >= 11 is 0. The monoisotopic (exact) mass is 589 g/mol. The molecule has 0 aliphatic carbocycles. The molecule has 1 amide bonds. The molecule has 0 saturated carbocycles. The molecule has 3 rings (SSSR count). The van der Waals surface area contributed by atoms with E-state index in [0.29, 0.717) is 29.5 Å². The second-order valence-corrected chi connectivity index (χ2v) is 11.8. The fraction of sp³-hybridized carbons (Fsp3) is 0.310. The molecule has 0 aromatic heterocycles. The number of sulfone groups is 1. The minimum Gasteiger partial charge on any atom is -0.494 e. The lowest BCUT2D eigenvalue weighted by molar-refractivity contribution is -0.137. The van der Waals surface area contributed by atoms with E-state index in [1.165, 1.54) is 18.2 Å². The van der Waals surface area contributed by atoms with Gasteiger partial charge in [-0.3, -0.25) is 4.79 Å². The minimum atomic E-state index is -4.86. The van der Waals surface area contributed by atoms with Gasteiger partial charge in [-0.05, 0) is 69.4 Å². The maximum atomic E-state index is 13.4. The maximum Gasteiger partial charge on any atom is 0.417 e. The molecule has 3 aromatic rings. The highest BCUT2D eigenvalue weighted by Crippen LogP contribution is 2.34. The number of aliphatic hydroxyl groups is 1. The van der Waals surface area contributed by atoms with E-state index < -0.39 is 44.4 Å². The van der Waals surface area contributed by atoms with Crippen LogP contribution >= 0.6 is 0 Å². The Bertz CT molecular complexity index is 1530. The Labute approximate surface area is 236 Å². The quantitative estimate of drug-likeness (QED) is 0.310. The van der Waals surface area contributed by atoms with Crippen molar-refractivity contribution in [3.8, 4) is 22.9 Å². The third kappa shape index (κ3) is 8.29. The highest BCUT2D eigenvalue weighted by molar-refractivity contribution is 7.91. The van der Waals surface area contributed by atoms with Crippen molar-refractivity contribution in [1.82, 2.24) is 4.90 Å². The number of ether oxygens (including phenoxy) is 1. The summed E-state index contributed by atoms with van der Waals surface area (Å²) in [5.41, 5.74) is -3.89. The van der Waals surface area contributed by atoms with Gasteiger partial charge >= 0.3 is 6.18 Å². The molecule has 41 heavy (non-hydrogen) atoms. The molecular weight excluding hydrogens is 559 g/mol. The van der Waals surface area contributed by atoms with Crippen LogP contribution in [0.5, 0.6) is 5.75 Å². The second kappa shape index (κ2) is 12.7. The number of benzene rings is 3. The van der Waals surface area contributed by atoms with Crippen LogP contribution in [0.25, 0.3) is 11.1 Å². The van der Waals surface area contributed by atoms with Crippen molar-refractivity contribution in [2.45, 2.75) is 30.0 Å². The van der Waals surface area contributed by atoms with Crippen LogP contribution in [0.2, 0.25) is 0 Å². The highest BCUT2D eigenvalue weighted by atomic mass is 32.2. The molecule has 1 unspecified atom stereocenters. The first-order valence-corrected chi connectivity index (χ1v) is 14.1. The van der Waals surface area contributed by atoms with E-state index in [9.17, 15) is 31.5 Å². The van der Waals surface area contributed by atoms with Gasteiger partial charge in [-0.15, -0.1) is 0 Å². The van der Waals surface area contributed by atoms with E-state index in [0.717, 1.165) is 32.0 Å². The molecule has 1 atom stereocenters. The van der Waals surface area contributed by atoms with Gasteiger partial charge in [0.15, 0.2) is 15.4 Å². The Morgan fingerprint density at radius 2 is 1.73 bits per heavy atom. The molecule has 12 heteroatoms. The summed E-state index contributed by atoms with van der Waals surface area (Å²) in [7, 11) is -0.348. The first kappa shape index (κ1) is 31.6. The lowest BCUT2D eigenvalue weighted by Crippen LogP contribution is -2.45. The minimum absolute atomic E-state index is 0.134. The fourth-order valence-electron chi connectivity index (χ4n) is 4.01. The number of nitrogens with one attached hydrogen (secondary N) is 1. The number of hydrogen-bond donors (Lipinski definition) is 2. The van der Waals surface area contributed by atoms with Gasteiger partial charge in [0.05, 0.1) is 34.5 Å². The first-order valence-electron chi connectivity index (χ1n) is 12.5. The number of alkyl halides is 3. The zero-order valence-electron chi connectivity index (χ0n) is 22.7. The number of carbonyl (C=O) groups excluding carboxylic acids is 1. The Kier molecular flexibility index (Phi) is 9.81. The summed E-state index contributed by atoms with van der Waals surface area (Å²) in [5.74, 6) is -1.66. The maximum absolute atomic E-state index is 13.4. The smallest absolute Gasteiger partial charge is 0.417 e. The number of carbonyl (C=O) groups is 1. The predicted molar refractivity (Wildman–Crippen MR) is 148 cm³/mol. The van der Waals surface area contributed by atoms with Crippen molar-refractivity contribution in [2.75, 3.05) is 38.3 Å². The molecule has 8 nitrogen and oxygen atoms in total. The molecule has 0 heterocycles. The molecule has 0 radical (unpaired) electrons. The zero-order chi connectivity index (χ0) is 30.4. The zero-order valence-corrected chi connectivity index (χ0v) is 23.5. The summed E-state index contributed by atoms with van der Waals surface area (Å²) in [6.07, 6.45) is -4.03. The normalized spacial score (nSPS) is 13.3. The standard InChI is InChI=1S/C29H30F3N3O5S/c1-28(37,27(36)34-22-12-9-21(18-33)25(17-22)29(30,31)32)19-41(38,39)26-8-5-4-7-24(26)20-10-13-23(14-11-20)40-16-6-15-35(2)3/h4-5,7-14,17,37H,6,15-16,19H2,1-3H3,(H,34,36). The third-order valence-corrected chi connectivity index (χ3v) is 8.04. The van der Waals surface area contributed by atoms with E-state index >= 15 is 0 Å². The van der Waals surface area contributed by atoms with Crippen LogP contribution in [0, 0.1) is 11.3 Å². The first-order chi connectivity index (χ1) is 19.1. The SMILES string of the molecule is CN(C)CCCOc1ccc(-c2ccccc2S(=O)(=O)CC(C)(O)C(=O)Nc2ccc(C#N)c(C(F)(F)F)c2)cc1. The molecular formula is C29H30F3N3O5S. The molecule has 0 aliphatic rings. The average Bonchev–Trinajstić information content (AvgIpc) is 2.90. The molecule has 218 valence electrons. The Morgan fingerprint density at radius 1 is 1.07 bits per heavy atom. The molecule has 3 aromatic carbocycles. The van der Waals surface area contributed by atoms with Gasteiger partial charge in [-0.25, -0.2) is 8.42 Å². The Hall–Kier alpha value is -3.92. The molecule has 0 aliphatic heterocycles. The van der Waals surface area contributed by atoms with Gasteiger partial charge in [0, 0.05) is 17.8 Å². The summed E-state index contributed by atoms with van der Waals surface area (Å²) in [4.78, 5) is 14.7. The van der Waals surface area contributed by atoms with E-state index in [-0.39, 0.29) is 10.6 Å². The van der Waals surface area contributed by atoms with Gasteiger partial charge in [0.2, 0.25) is 0 Å². The van der Waals surface area contributed by atoms with E-state index in [1.54, 1.807) is 36.4 Å². The van der Waals surface area contributed by atoms with Crippen LogP contribution in [-0.4, -0.2) is 62.9 Å². The largest absolute Gasteiger partial charge is 0.494 e. The number of rotatable bonds is 11. The summed E-state index contributed by atoms with van der Waals surface area (Å²) in [5, 5.41) is 21.9. The number of anilines is 1. The van der Waals surface area contributed by atoms with Gasteiger partial charge in [-0.2, -0.15) is 18.4 Å². The predicted octanol–water partition coefficient (Wildman–Crippen LogP) is 4.74. The molecule has 0 fully saturated rings. The van der Waals surface area contributed by atoms with Crippen molar-refractivity contribution in [3.63, 3.8) is 0 Å². The van der Waals surface area contributed by atoms with Crippen LogP contribution < -0.4 is 10.1 Å². The van der Waals surface area contributed by atoms with E-state index in [2.05, 4.69) is 5.32 Å². The van der Waals surface area contributed by atoms with E-state index in [4.69, 9.17) is 10.00 Å². The molecule has 2 N–H and O–H groups in total. The van der Waals surface area contributed by atoms with Crippen LogP contribution in [0.1, 0.15) is 24.5 Å². The lowest BCUT2D eigenvalue weighted by Gasteiger charge is -2.23. The second-order valence-electron chi connectivity index (χ2n) is 9.88. The fourth-order valence-corrected chi connectivity index (χ4v) is 5.84. The number of amides is 1. The van der Waals surface area contributed by atoms with Gasteiger partial charge in [0.25, 0.3) is 5.91 Å². The van der Waals surface area contributed by atoms with Crippen molar-refractivity contribution in [3.05, 3.63) is 77.9 Å².